The second-order valence-corrected chi connectivity index (χ2v) is 8.80. The summed E-state index contributed by atoms with van der Waals surface area (Å²) in [5.41, 5.74) is 2.49. The molecule has 0 aliphatic carbocycles. The Bertz CT molecular complexity index is 782. The summed E-state index contributed by atoms with van der Waals surface area (Å²) in [4.78, 5) is 8.44. The molecule has 166 valence electrons. The molecule has 0 saturated carbocycles. The van der Waals surface area contributed by atoms with Crippen LogP contribution in [0.5, 0.6) is 5.75 Å². The first kappa shape index (κ1) is 24.9. The summed E-state index contributed by atoms with van der Waals surface area (Å²) < 4.78 is 5.48. The van der Waals surface area contributed by atoms with E-state index in [1.165, 1.54) is 35.4 Å². The second-order valence-electron chi connectivity index (χ2n) is 7.77. The number of hydrogen-bond acceptors (Lipinski definition) is 4. The van der Waals surface area contributed by atoms with Gasteiger partial charge in [0.15, 0.2) is 5.96 Å². The standard InChI is InChI=1S/C23H34N4OS.HI/c1-18-8-9-22(28-3)20(14-18)10-11-25-23(24-2)26-15-19-6-4-12-27(16-19)17-21-7-5-13-29-21;/h5,7-9,13-14,19H,4,6,10-12,15-17H2,1-3H3,(H2,24,25,26);1H. The molecule has 7 heteroatoms. The van der Waals surface area contributed by atoms with E-state index in [-0.39, 0.29) is 24.0 Å². The molecule has 2 N–H and O–H groups in total. The van der Waals surface area contributed by atoms with Crippen molar-refractivity contribution in [1.29, 1.82) is 0 Å². The highest BCUT2D eigenvalue weighted by Gasteiger charge is 2.20. The van der Waals surface area contributed by atoms with E-state index >= 15 is 0 Å². The molecular formula is C23H35IN4OS. The van der Waals surface area contributed by atoms with Crippen LogP contribution in [0.25, 0.3) is 0 Å². The Balaban J connectivity index is 0.00000320. The maximum atomic E-state index is 5.48. The van der Waals surface area contributed by atoms with Gasteiger partial charge in [0.1, 0.15) is 5.75 Å². The van der Waals surface area contributed by atoms with Crippen LogP contribution in [-0.2, 0) is 13.0 Å². The smallest absolute Gasteiger partial charge is 0.190 e. The Hall–Kier alpha value is -1.32. The number of ether oxygens (including phenoxy) is 1. The number of guanidine groups is 1. The van der Waals surface area contributed by atoms with E-state index in [4.69, 9.17) is 4.74 Å². The van der Waals surface area contributed by atoms with Gasteiger partial charge in [0, 0.05) is 38.1 Å². The minimum Gasteiger partial charge on any atom is -0.496 e. The molecule has 0 bridgehead atoms. The normalized spacial score (nSPS) is 17.3. The summed E-state index contributed by atoms with van der Waals surface area (Å²) in [6, 6.07) is 10.7. The largest absolute Gasteiger partial charge is 0.496 e. The number of benzene rings is 1. The fourth-order valence-electron chi connectivity index (χ4n) is 3.96. The number of hydrogen-bond donors (Lipinski definition) is 2. The molecule has 5 nitrogen and oxygen atoms in total. The lowest BCUT2D eigenvalue weighted by Crippen LogP contribution is -2.44. The molecule has 1 fully saturated rings. The fourth-order valence-corrected chi connectivity index (χ4v) is 4.71. The third-order valence-corrected chi connectivity index (χ3v) is 6.33. The van der Waals surface area contributed by atoms with Gasteiger partial charge in [-0.15, -0.1) is 35.3 Å². The monoisotopic (exact) mass is 542 g/mol. The first-order valence-electron chi connectivity index (χ1n) is 10.5. The number of piperidine rings is 1. The lowest BCUT2D eigenvalue weighted by Gasteiger charge is -2.32. The molecule has 3 rings (SSSR count). The molecule has 0 spiro atoms. The van der Waals surface area contributed by atoms with Crippen molar-refractivity contribution in [2.45, 2.75) is 32.7 Å². The molecule has 0 radical (unpaired) electrons. The lowest BCUT2D eigenvalue weighted by molar-refractivity contribution is 0.169. The summed E-state index contributed by atoms with van der Waals surface area (Å²) in [6.45, 7) is 7.35. The molecule has 1 atom stereocenters. The van der Waals surface area contributed by atoms with Crippen LogP contribution in [0, 0.1) is 12.8 Å². The summed E-state index contributed by atoms with van der Waals surface area (Å²) >= 11 is 1.85. The molecule has 0 amide bonds. The molecule has 1 aromatic heterocycles. The maximum absolute atomic E-state index is 5.48. The zero-order valence-electron chi connectivity index (χ0n) is 18.3. The predicted molar refractivity (Wildman–Crippen MR) is 139 cm³/mol. The van der Waals surface area contributed by atoms with Crippen molar-refractivity contribution in [2.75, 3.05) is 40.3 Å². The molecular weight excluding hydrogens is 507 g/mol. The Morgan fingerprint density at radius 1 is 1.30 bits per heavy atom. The highest BCUT2D eigenvalue weighted by atomic mass is 127. The van der Waals surface area contributed by atoms with E-state index < -0.39 is 0 Å². The first-order chi connectivity index (χ1) is 14.2. The topological polar surface area (TPSA) is 48.9 Å². The number of likely N-dealkylation sites (tertiary alicyclic amines) is 1. The summed E-state index contributed by atoms with van der Waals surface area (Å²) in [5.74, 6) is 2.50. The fraction of sp³-hybridized carbons (Fsp3) is 0.522. The van der Waals surface area contributed by atoms with Gasteiger partial charge >= 0.3 is 0 Å². The molecule has 1 aliphatic rings. The van der Waals surface area contributed by atoms with Crippen LogP contribution in [0.2, 0.25) is 0 Å². The number of aryl methyl sites for hydroxylation is 1. The van der Waals surface area contributed by atoms with Crippen LogP contribution in [0.1, 0.15) is 28.8 Å². The molecule has 1 saturated heterocycles. The van der Waals surface area contributed by atoms with E-state index in [0.29, 0.717) is 5.92 Å². The van der Waals surface area contributed by atoms with Crippen LogP contribution in [0.3, 0.4) is 0 Å². The lowest BCUT2D eigenvalue weighted by atomic mass is 9.98. The van der Waals surface area contributed by atoms with E-state index in [2.05, 4.69) is 57.1 Å². The van der Waals surface area contributed by atoms with Gasteiger partial charge in [-0.1, -0.05) is 23.8 Å². The van der Waals surface area contributed by atoms with Gasteiger partial charge < -0.3 is 15.4 Å². The average molecular weight is 543 g/mol. The van der Waals surface area contributed by atoms with Crippen LogP contribution in [0.15, 0.2) is 40.7 Å². The van der Waals surface area contributed by atoms with Crippen molar-refractivity contribution in [1.82, 2.24) is 15.5 Å². The number of nitrogens with zero attached hydrogens (tertiary/aromatic N) is 2. The van der Waals surface area contributed by atoms with Gasteiger partial charge in [-0.25, -0.2) is 0 Å². The van der Waals surface area contributed by atoms with Crippen molar-refractivity contribution < 1.29 is 4.74 Å². The molecule has 1 unspecified atom stereocenters. The molecule has 1 aliphatic heterocycles. The summed E-state index contributed by atoms with van der Waals surface area (Å²) in [5, 5.41) is 9.14. The number of thiophene rings is 1. The number of halogens is 1. The van der Waals surface area contributed by atoms with E-state index in [0.717, 1.165) is 44.3 Å². The average Bonchev–Trinajstić information content (AvgIpc) is 3.24. The Kier molecular flexibility index (Phi) is 11.0. The van der Waals surface area contributed by atoms with Gasteiger partial charge in [0.25, 0.3) is 0 Å². The van der Waals surface area contributed by atoms with Gasteiger partial charge in [-0.2, -0.15) is 0 Å². The van der Waals surface area contributed by atoms with Crippen LogP contribution < -0.4 is 15.4 Å². The molecule has 1 aromatic carbocycles. The molecule has 2 heterocycles. The van der Waals surface area contributed by atoms with Crippen molar-refractivity contribution >= 4 is 41.3 Å². The third kappa shape index (κ3) is 7.74. The Morgan fingerprint density at radius 2 is 2.17 bits per heavy atom. The third-order valence-electron chi connectivity index (χ3n) is 5.47. The Morgan fingerprint density at radius 3 is 2.90 bits per heavy atom. The number of nitrogens with one attached hydrogen (secondary N) is 2. The summed E-state index contributed by atoms with van der Waals surface area (Å²) in [6.07, 6.45) is 3.46. The maximum Gasteiger partial charge on any atom is 0.190 e. The highest BCUT2D eigenvalue weighted by Crippen LogP contribution is 2.21. The van der Waals surface area contributed by atoms with E-state index in [1.807, 2.05) is 24.5 Å². The van der Waals surface area contributed by atoms with Crippen LogP contribution in [0.4, 0.5) is 0 Å². The number of rotatable bonds is 8. The molecule has 2 aromatic rings. The van der Waals surface area contributed by atoms with Crippen molar-refractivity contribution in [2.24, 2.45) is 10.9 Å². The Labute approximate surface area is 202 Å². The minimum atomic E-state index is 0. The second kappa shape index (κ2) is 13.2. The van der Waals surface area contributed by atoms with Gasteiger partial charge in [-0.3, -0.25) is 9.89 Å². The van der Waals surface area contributed by atoms with Crippen molar-refractivity contribution in [3.63, 3.8) is 0 Å². The van der Waals surface area contributed by atoms with E-state index in [1.54, 1.807) is 7.11 Å². The predicted octanol–water partition coefficient (Wildman–Crippen LogP) is 4.30. The van der Waals surface area contributed by atoms with Gasteiger partial charge in [-0.05, 0) is 61.7 Å². The number of aliphatic imine (C=N–C) groups is 1. The highest BCUT2D eigenvalue weighted by molar-refractivity contribution is 14.0. The van der Waals surface area contributed by atoms with Gasteiger partial charge in [0.05, 0.1) is 7.11 Å². The summed E-state index contributed by atoms with van der Waals surface area (Å²) in [7, 11) is 3.57. The number of methoxy groups -OCH3 is 1. The first-order valence-corrected chi connectivity index (χ1v) is 11.4. The SMILES string of the molecule is CN=C(NCCc1cc(C)ccc1OC)NCC1CCCN(Cc2cccs2)C1.I. The van der Waals surface area contributed by atoms with E-state index in [9.17, 15) is 0 Å². The molecule has 30 heavy (non-hydrogen) atoms. The zero-order chi connectivity index (χ0) is 20.5. The van der Waals surface area contributed by atoms with Crippen molar-refractivity contribution in [3.05, 3.63) is 51.7 Å². The minimum absolute atomic E-state index is 0. The zero-order valence-corrected chi connectivity index (χ0v) is 21.5. The van der Waals surface area contributed by atoms with Gasteiger partial charge in [0.2, 0.25) is 0 Å². The van der Waals surface area contributed by atoms with Crippen LogP contribution >= 0.6 is 35.3 Å². The quantitative estimate of drug-likeness (QED) is 0.297. The van der Waals surface area contributed by atoms with Crippen LogP contribution in [-0.4, -0.2) is 51.2 Å². The van der Waals surface area contributed by atoms with Crippen molar-refractivity contribution in [3.8, 4) is 5.75 Å².